The van der Waals surface area contributed by atoms with Gasteiger partial charge in [-0.3, -0.25) is 0 Å². The minimum atomic E-state index is -0.431. The molecule has 1 heterocycles. The van der Waals surface area contributed by atoms with Crippen LogP contribution in [0.15, 0.2) is 18.3 Å². The third-order valence-corrected chi connectivity index (χ3v) is 1.48. The summed E-state index contributed by atoms with van der Waals surface area (Å²) in [6.45, 7) is -0.208. The van der Waals surface area contributed by atoms with Gasteiger partial charge in [0.1, 0.15) is 12.3 Å². The average molecular weight is 191 g/mol. The van der Waals surface area contributed by atoms with Crippen LogP contribution in [-0.2, 0) is 4.74 Å². The van der Waals surface area contributed by atoms with Crippen molar-refractivity contribution in [3.05, 3.63) is 29.6 Å². The lowest BCUT2D eigenvalue weighted by molar-refractivity contribution is 0.0600. The van der Waals surface area contributed by atoms with Gasteiger partial charge in [0.05, 0.1) is 12.7 Å². The quantitative estimate of drug-likeness (QED) is 0.509. The molecule has 1 aromatic heterocycles. The van der Waals surface area contributed by atoms with E-state index >= 15 is 0 Å². The molecule has 0 aliphatic heterocycles. The smallest absolute Gasteiger partial charge is 0.339 e. The molecule has 1 N–H and O–H groups in total. The second kappa shape index (κ2) is 5.00. The van der Waals surface area contributed by atoms with Crippen molar-refractivity contribution >= 4 is 5.97 Å². The number of nitrogens with zero attached hydrogens (tertiary/aromatic N) is 1. The van der Waals surface area contributed by atoms with Crippen LogP contribution in [0.3, 0.4) is 0 Å². The van der Waals surface area contributed by atoms with E-state index in [0.29, 0.717) is 11.3 Å². The molecule has 0 spiro atoms. The molecule has 0 aromatic carbocycles. The fraction of sp³-hybridized carbons (Fsp3) is 0.200. The zero-order valence-electron chi connectivity index (χ0n) is 7.65. The van der Waals surface area contributed by atoms with Crippen LogP contribution in [0.2, 0.25) is 0 Å². The molecule has 0 unspecified atom stereocenters. The molecule has 4 heteroatoms. The normalized spacial score (nSPS) is 8.71. The van der Waals surface area contributed by atoms with Gasteiger partial charge in [0.15, 0.2) is 0 Å². The Hall–Kier alpha value is -1.86. The zero-order chi connectivity index (χ0) is 10.4. The summed E-state index contributed by atoms with van der Waals surface area (Å²) in [5.41, 5.74) is 0.883. The lowest BCUT2D eigenvalue weighted by Gasteiger charge is -1.97. The van der Waals surface area contributed by atoms with Gasteiger partial charge >= 0.3 is 5.97 Å². The molecule has 72 valence electrons. The van der Waals surface area contributed by atoms with E-state index in [9.17, 15) is 4.79 Å². The number of hydrogen-bond donors (Lipinski definition) is 1. The van der Waals surface area contributed by atoms with Crippen molar-refractivity contribution in [2.24, 2.45) is 0 Å². The van der Waals surface area contributed by atoms with Crippen molar-refractivity contribution in [1.29, 1.82) is 0 Å². The summed E-state index contributed by atoms with van der Waals surface area (Å²) < 4.78 is 4.50. The molecule has 0 fully saturated rings. The van der Waals surface area contributed by atoms with Crippen LogP contribution >= 0.6 is 0 Å². The van der Waals surface area contributed by atoms with Crippen LogP contribution in [0.4, 0.5) is 0 Å². The van der Waals surface area contributed by atoms with Crippen LogP contribution in [-0.4, -0.2) is 29.8 Å². The van der Waals surface area contributed by atoms with E-state index in [1.807, 2.05) is 0 Å². The number of carbonyl (C=O) groups is 1. The predicted molar refractivity (Wildman–Crippen MR) is 49.5 cm³/mol. The Bertz CT molecular complexity index is 373. The topological polar surface area (TPSA) is 59.4 Å². The number of aliphatic hydroxyl groups excluding tert-OH is 1. The summed E-state index contributed by atoms with van der Waals surface area (Å²) in [5.74, 6) is 4.64. The lowest BCUT2D eigenvalue weighted by atomic mass is 10.2. The molecular formula is C10H9NO3. The van der Waals surface area contributed by atoms with Crippen molar-refractivity contribution < 1.29 is 14.6 Å². The van der Waals surface area contributed by atoms with Crippen molar-refractivity contribution in [1.82, 2.24) is 4.98 Å². The predicted octanol–water partition coefficient (Wildman–Crippen LogP) is 0.212. The highest BCUT2D eigenvalue weighted by Gasteiger charge is 2.03. The highest BCUT2D eigenvalue weighted by Crippen LogP contribution is 2.00. The molecule has 0 radical (unpaired) electrons. The van der Waals surface area contributed by atoms with Gasteiger partial charge in [0.25, 0.3) is 0 Å². The van der Waals surface area contributed by atoms with Gasteiger partial charge in [-0.15, -0.1) is 0 Å². The average Bonchev–Trinajstić information content (AvgIpc) is 2.26. The third kappa shape index (κ3) is 2.57. The molecule has 0 saturated carbocycles. The maximum Gasteiger partial charge on any atom is 0.339 e. The zero-order valence-corrected chi connectivity index (χ0v) is 7.65. The van der Waals surface area contributed by atoms with Crippen LogP contribution in [0.25, 0.3) is 0 Å². The van der Waals surface area contributed by atoms with Gasteiger partial charge in [0.2, 0.25) is 0 Å². The Kier molecular flexibility index (Phi) is 3.65. The van der Waals surface area contributed by atoms with Crippen LogP contribution in [0.5, 0.6) is 0 Å². The summed E-state index contributed by atoms with van der Waals surface area (Å²) in [4.78, 5) is 14.9. The summed E-state index contributed by atoms with van der Waals surface area (Å²) in [7, 11) is 1.31. The van der Waals surface area contributed by atoms with Gasteiger partial charge in [-0.1, -0.05) is 5.92 Å². The van der Waals surface area contributed by atoms with Crippen molar-refractivity contribution in [2.45, 2.75) is 0 Å². The number of methoxy groups -OCH3 is 1. The molecule has 0 aliphatic rings. The molecule has 0 aliphatic carbocycles. The first-order valence-electron chi connectivity index (χ1n) is 3.92. The number of esters is 1. The Labute approximate surface area is 81.5 Å². The number of carbonyl (C=O) groups excluding carboxylic acids is 1. The first-order valence-corrected chi connectivity index (χ1v) is 3.92. The Balaban J connectivity index is 2.83. The van der Waals surface area contributed by atoms with Gasteiger partial charge < -0.3 is 9.84 Å². The second-order valence-electron chi connectivity index (χ2n) is 2.38. The lowest BCUT2D eigenvalue weighted by Crippen LogP contribution is -2.01. The minimum Gasteiger partial charge on any atom is -0.465 e. The Morgan fingerprint density at radius 3 is 2.93 bits per heavy atom. The van der Waals surface area contributed by atoms with E-state index in [0.717, 1.165) is 0 Å². The van der Waals surface area contributed by atoms with Gasteiger partial charge in [-0.25, -0.2) is 9.78 Å². The minimum absolute atomic E-state index is 0.208. The molecule has 14 heavy (non-hydrogen) atoms. The largest absolute Gasteiger partial charge is 0.465 e. The maximum absolute atomic E-state index is 11.0. The van der Waals surface area contributed by atoms with Gasteiger partial charge in [-0.05, 0) is 18.1 Å². The molecular weight excluding hydrogens is 182 g/mol. The number of ether oxygens (including phenoxy) is 1. The van der Waals surface area contributed by atoms with Gasteiger partial charge in [-0.2, -0.15) is 0 Å². The SMILES string of the molecule is COC(=O)c1ccc(C#CCO)nc1. The maximum atomic E-state index is 11.0. The van der Waals surface area contributed by atoms with Crippen LogP contribution in [0, 0.1) is 11.8 Å². The number of rotatable bonds is 1. The second-order valence-corrected chi connectivity index (χ2v) is 2.38. The van der Waals surface area contributed by atoms with E-state index < -0.39 is 5.97 Å². The van der Waals surface area contributed by atoms with Gasteiger partial charge in [0, 0.05) is 6.20 Å². The number of aliphatic hydroxyl groups is 1. The van der Waals surface area contributed by atoms with E-state index in [-0.39, 0.29) is 6.61 Å². The van der Waals surface area contributed by atoms with Crippen LogP contribution < -0.4 is 0 Å². The summed E-state index contributed by atoms with van der Waals surface area (Å²) in [5, 5.41) is 8.43. The highest BCUT2D eigenvalue weighted by molar-refractivity contribution is 5.88. The summed E-state index contributed by atoms with van der Waals surface area (Å²) >= 11 is 0. The molecule has 4 nitrogen and oxygen atoms in total. The van der Waals surface area contributed by atoms with Crippen LogP contribution in [0.1, 0.15) is 16.1 Å². The fourth-order valence-corrected chi connectivity index (χ4v) is 0.836. The Morgan fingerprint density at radius 1 is 1.64 bits per heavy atom. The van der Waals surface area contributed by atoms with E-state index in [1.165, 1.54) is 13.3 Å². The van der Waals surface area contributed by atoms with E-state index in [1.54, 1.807) is 12.1 Å². The number of aromatic nitrogens is 1. The van der Waals surface area contributed by atoms with E-state index in [4.69, 9.17) is 5.11 Å². The van der Waals surface area contributed by atoms with Crippen molar-refractivity contribution in [3.63, 3.8) is 0 Å². The van der Waals surface area contributed by atoms with Crippen molar-refractivity contribution in [2.75, 3.05) is 13.7 Å². The highest BCUT2D eigenvalue weighted by atomic mass is 16.5. The molecule has 0 amide bonds. The molecule has 1 rings (SSSR count). The van der Waals surface area contributed by atoms with Crippen molar-refractivity contribution in [3.8, 4) is 11.8 Å². The standard InChI is InChI=1S/C10H9NO3/c1-14-10(13)8-4-5-9(11-7-8)3-2-6-12/h4-5,7,12H,6H2,1H3. The first kappa shape index (κ1) is 10.2. The fourth-order valence-electron chi connectivity index (χ4n) is 0.836. The molecule has 0 bridgehead atoms. The third-order valence-electron chi connectivity index (χ3n) is 1.48. The monoisotopic (exact) mass is 191 g/mol. The summed E-state index contributed by atoms with van der Waals surface area (Å²) in [6, 6.07) is 3.16. The number of hydrogen-bond acceptors (Lipinski definition) is 4. The molecule has 0 atom stereocenters. The molecule has 0 saturated heterocycles. The Morgan fingerprint density at radius 2 is 2.43 bits per heavy atom. The molecule has 1 aromatic rings. The summed E-state index contributed by atoms with van der Waals surface area (Å²) in [6.07, 6.45) is 1.38. The first-order chi connectivity index (χ1) is 6.77. The number of pyridine rings is 1. The van der Waals surface area contributed by atoms with E-state index in [2.05, 4.69) is 21.6 Å².